The highest BCUT2D eigenvalue weighted by molar-refractivity contribution is 6.03. The molecule has 5 nitrogen and oxygen atoms in total. The van der Waals surface area contributed by atoms with Gasteiger partial charge in [0.25, 0.3) is 0 Å². The second kappa shape index (κ2) is 5.77. The fourth-order valence-electron chi connectivity index (χ4n) is 4.04. The van der Waals surface area contributed by atoms with Crippen LogP contribution in [0.1, 0.15) is 46.2 Å². The maximum atomic E-state index is 13.2. The van der Waals surface area contributed by atoms with Crippen LogP contribution in [-0.2, 0) is 15.6 Å². The van der Waals surface area contributed by atoms with Gasteiger partial charge in [-0.2, -0.15) is 0 Å². The lowest BCUT2D eigenvalue weighted by Gasteiger charge is -2.19. The summed E-state index contributed by atoms with van der Waals surface area (Å²) in [4.78, 5) is 16.5. The Bertz CT molecular complexity index is 1090. The Morgan fingerprint density at radius 3 is 2.64 bits per heavy atom. The molecule has 5 rings (SSSR count). The molecule has 2 N–H and O–H groups in total. The molecule has 146 valence electrons. The standard InChI is InChI=1S/C23H24N2O3.H2/c1-22(2,3)17-12-24-18-6-5-15(11-16(17)18)25-21(26)23(8-9-23)14-4-7-19-20(10-14)28-13-27-19;/h4-7,10-12,24H,8-9,13H2,1-3H3,(H,25,26);1H. The van der Waals surface area contributed by atoms with Crippen LogP contribution >= 0.6 is 0 Å². The second-order valence-corrected chi connectivity index (χ2v) is 8.82. The number of benzene rings is 2. The third-order valence-corrected chi connectivity index (χ3v) is 5.86. The molecule has 0 unspecified atom stereocenters. The first-order valence-corrected chi connectivity index (χ1v) is 9.70. The van der Waals surface area contributed by atoms with E-state index in [1.165, 1.54) is 5.56 Å². The van der Waals surface area contributed by atoms with Crippen molar-refractivity contribution in [3.8, 4) is 11.5 Å². The highest BCUT2D eigenvalue weighted by atomic mass is 16.7. The summed E-state index contributed by atoms with van der Waals surface area (Å²) in [5, 5.41) is 4.30. The average Bonchev–Trinajstić information content (AvgIpc) is 3.14. The zero-order valence-corrected chi connectivity index (χ0v) is 16.4. The van der Waals surface area contributed by atoms with Crippen LogP contribution in [0.3, 0.4) is 0 Å². The number of anilines is 1. The first-order valence-electron chi connectivity index (χ1n) is 9.70. The van der Waals surface area contributed by atoms with Crippen LogP contribution in [-0.4, -0.2) is 17.7 Å². The number of hydrogen-bond acceptors (Lipinski definition) is 3. The molecule has 5 heteroatoms. The van der Waals surface area contributed by atoms with E-state index in [-0.39, 0.29) is 19.5 Å². The molecule has 2 aliphatic rings. The molecule has 28 heavy (non-hydrogen) atoms. The van der Waals surface area contributed by atoms with Crippen molar-refractivity contribution in [3.63, 3.8) is 0 Å². The topological polar surface area (TPSA) is 63.4 Å². The monoisotopic (exact) mass is 378 g/mol. The summed E-state index contributed by atoms with van der Waals surface area (Å²) in [5.74, 6) is 1.51. The lowest BCUT2D eigenvalue weighted by atomic mass is 9.87. The molecule has 1 amide bonds. The summed E-state index contributed by atoms with van der Waals surface area (Å²) in [5.41, 5.74) is 3.71. The summed E-state index contributed by atoms with van der Waals surface area (Å²) in [6, 6.07) is 11.9. The summed E-state index contributed by atoms with van der Waals surface area (Å²) >= 11 is 0. The van der Waals surface area contributed by atoms with Crippen LogP contribution in [0.2, 0.25) is 0 Å². The van der Waals surface area contributed by atoms with E-state index in [9.17, 15) is 4.79 Å². The Labute approximate surface area is 165 Å². The quantitative estimate of drug-likeness (QED) is 0.666. The summed E-state index contributed by atoms with van der Waals surface area (Å²) < 4.78 is 10.9. The van der Waals surface area contributed by atoms with E-state index in [1.54, 1.807) is 0 Å². The van der Waals surface area contributed by atoms with Crippen LogP contribution in [0.25, 0.3) is 10.9 Å². The molecule has 2 heterocycles. The first-order chi connectivity index (χ1) is 13.4. The van der Waals surface area contributed by atoms with Crippen LogP contribution in [0.4, 0.5) is 5.69 Å². The molecule has 2 aromatic carbocycles. The summed E-state index contributed by atoms with van der Waals surface area (Å²) in [6.45, 7) is 6.82. The number of ether oxygens (including phenoxy) is 2. The minimum absolute atomic E-state index is 0. The number of aromatic amines is 1. The molecule has 0 spiro atoms. The third kappa shape index (κ3) is 2.65. The van der Waals surface area contributed by atoms with Crippen LogP contribution in [0.15, 0.2) is 42.6 Å². The molecule has 0 bridgehead atoms. The second-order valence-electron chi connectivity index (χ2n) is 8.82. The van der Waals surface area contributed by atoms with Crippen LogP contribution < -0.4 is 14.8 Å². The maximum absolute atomic E-state index is 13.2. The Hall–Kier alpha value is -2.95. The van der Waals surface area contributed by atoms with Gasteiger partial charge in [0.1, 0.15) is 0 Å². The Morgan fingerprint density at radius 2 is 1.89 bits per heavy atom. The molecule has 1 fully saturated rings. The highest BCUT2D eigenvalue weighted by Crippen LogP contribution is 2.51. The van der Waals surface area contributed by atoms with Crippen molar-refractivity contribution >= 4 is 22.5 Å². The molecule has 1 aliphatic carbocycles. The molecule has 1 aliphatic heterocycles. The number of nitrogens with one attached hydrogen (secondary N) is 2. The van der Waals surface area contributed by atoms with Gasteiger partial charge in [-0.05, 0) is 59.7 Å². The molecule has 0 radical (unpaired) electrons. The van der Waals surface area contributed by atoms with Crippen molar-refractivity contribution in [1.82, 2.24) is 4.98 Å². The predicted molar refractivity (Wildman–Crippen MR) is 111 cm³/mol. The number of rotatable bonds is 3. The Balaban J connectivity index is 0.00000205. The number of carbonyl (C=O) groups is 1. The summed E-state index contributed by atoms with van der Waals surface area (Å²) in [6.07, 6.45) is 3.75. The minimum atomic E-state index is -0.471. The number of fused-ring (bicyclic) bond motifs is 2. The lowest BCUT2D eigenvalue weighted by molar-refractivity contribution is -0.118. The largest absolute Gasteiger partial charge is 0.454 e. The molecular weight excluding hydrogens is 352 g/mol. The fourth-order valence-corrected chi connectivity index (χ4v) is 4.04. The van der Waals surface area contributed by atoms with Crippen molar-refractivity contribution in [2.75, 3.05) is 12.1 Å². The van der Waals surface area contributed by atoms with Crippen molar-refractivity contribution in [2.45, 2.75) is 44.4 Å². The van der Waals surface area contributed by atoms with E-state index in [0.29, 0.717) is 0 Å². The fraction of sp³-hybridized carbons (Fsp3) is 0.348. The first kappa shape index (κ1) is 17.2. The third-order valence-electron chi connectivity index (χ3n) is 5.86. The average molecular weight is 378 g/mol. The van der Waals surface area contributed by atoms with Gasteiger partial charge >= 0.3 is 0 Å². The van der Waals surface area contributed by atoms with Gasteiger partial charge in [-0.25, -0.2) is 0 Å². The van der Waals surface area contributed by atoms with Gasteiger partial charge in [0.05, 0.1) is 5.41 Å². The van der Waals surface area contributed by atoms with Crippen molar-refractivity contribution in [1.29, 1.82) is 0 Å². The van der Waals surface area contributed by atoms with E-state index in [1.807, 2.05) is 30.3 Å². The highest BCUT2D eigenvalue weighted by Gasteiger charge is 2.51. The Morgan fingerprint density at radius 1 is 1.11 bits per heavy atom. The normalized spacial score (nSPS) is 17.0. The van der Waals surface area contributed by atoms with Crippen molar-refractivity contribution in [2.24, 2.45) is 0 Å². The summed E-state index contributed by atoms with van der Waals surface area (Å²) in [7, 11) is 0. The van der Waals surface area contributed by atoms with E-state index < -0.39 is 5.41 Å². The molecule has 3 aromatic rings. The molecule has 1 aromatic heterocycles. The van der Waals surface area contributed by atoms with Crippen molar-refractivity contribution < 1.29 is 15.7 Å². The van der Waals surface area contributed by atoms with Crippen molar-refractivity contribution in [3.05, 3.63) is 53.7 Å². The minimum Gasteiger partial charge on any atom is -0.454 e. The predicted octanol–water partition coefficient (Wildman–Crippen LogP) is 5.11. The number of amides is 1. The Kier molecular flexibility index (Phi) is 3.54. The van der Waals surface area contributed by atoms with Crippen LogP contribution in [0.5, 0.6) is 11.5 Å². The van der Waals surface area contributed by atoms with Gasteiger partial charge in [-0.1, -0.05) is 26.8 Å². The van der Waals surface area contributed by atoms with Gasteiger partial charge in [-0.3, -0.25) is 4.79 Å². The maximum Gasteiger partial charge on any atom is 0.235 e. The number of hydrogen-bond donors (Lipinski definition) is 2. The van der Waals surface area contributed by atoms with E-state index in [0.717, 1.165) is 46.5 Å². The smallest absolute Gasteiger partial charge is 0.235 e. The lowest BCUT2D eigenvalue weighted by Crippen LogP contribution is -2.27. The number of carbonyl (C=O) groups excluding carboxylic acids is 1. The van der Waals surface area contributed by atoms with Gasteiger partial charge in [0.15, 0.2) is 11.5 Å². The SMILES string of the molecule is CC(C)(C)c1c[nH]c2ccc(NC(=O)C3(c4ccc5c(c4)OCO5)CC3)cc12.[HH]. The zero-order valence-electron chi connectivity index (χ0n) is 16.4. The van der Waals surface area contributed by atoms with Gasteiger partial charge in [0.2, 0.25) is 12.7 Å². The van der Waals surface area contributed by atoms with Gasteiger partial charge in [-0.15, -0.1) is 0 Å². The van der Waals surface area contributed by atoms with E-state index in [2.05, 4.69) is 43.3 Å². The number of aromatic nitrogens is 1. The van der Waals surface area contributed by atoms with Crippen LogP contribution in [0, 0.1) is 0 Å². The van der Waals surface area contributed by atoms with Gasteiger partial charge in [0, 0.05) is 24.2 Å². The molecule has 1 saturated carbocycles. The zero-order chi connectivity index (χ0) is 19.5. The van der Waals surface area contributed by atoms with Gasteiger partial charge < -0.3 is 19.8 Å². The molecular formula is C23H26N2O3. The van der Waals surface area contributed by atoms with E-state index >= 15 is 0 Å². The molecule has 0 saturated heterocycles. The number of H-pyrrole nitrogens is 1. The molecule has 0 atom stereocenters. The van der Waals surface area contributed by atoms with E-state index in [4.69, 9.17) is 9.47 Å².